The molecule has 6 heteroatoms. The van der Waals surface area contributed by atoms with Crippen molar-refractivity contribution in [3.8, 4) is 17.3 Å². The van der Waals surface area contributed by atoms with Gasteiger partial charge >= 0.3 is 6.08 Å². The maximum Gasteiger partial charge on any atom is 0.394 e. The van der Waals surface area contributed by atoms with Gasteiger partial charge in [0.05, 0.1) is 4.90 Å². The molecule has 180 valence electrons. The van der Waals surface area contributed by atoms with Crippen LogP contribution in [0.4, 0.5) is 0 Å². The molecule has 1 atom stereocenters. The number of sulfone groups is 1. The molecule has 0 aliphatic heterocycles. The summed E-state index contributed by atoms with van der Waals surface area (Å²) in [6.45, 7) is 2.17. The third-order valence-electron chi connectivity index (χ3n) is 5.89. The number of aromatic nitrogens is 1. The molecular weight excluding hydrogens is 470 g/mol. The molecule has 5 nitrogen and oxygen atoms in total. The molecule has 0 radical (unpaired) electrons. The van der Waals surface area contributed by atoms with Gasteiger partial charge in [0.25, 0.3) is 0 Å². The van der Waals surface area contributed by atoms with Crippen molar-refractivity contribution in [1.29, 1.82) is 0 Å². The van der Waals surface area contributed by atoms with Gasteiger partial charge in [-0.2, -0.15) is 4.98 Å². The zero-order chi connectivity index (χ0) is 25.0. The molecule has 0 aliphatic carbocycles. The van der Waals surface area contributed by atoms with Crippen molar-refractivity contribution in [3.63, 3.8) is 0 Å². The normalized spacial score (nSPS) is 12.2. The molecule has 0 saturated carbocycles. The minimum atomic E-state index is -3.90. The molecule has 0 fully saturated rings. The average molecular weight is 496 g/mol. The van der Waals surface area contributed by atoms with Crippen molar-refractivity contribution in [1.82, 2.24) is 4.98 Å². The Kier molecular flexibility index (Phi) is 6.69. The number of benzene rings is 4. The predicted molar refractivity (Wildman–Crippen MR) is 139 cm³/mol. The lowest BCUT2D eigenvalue weighted by molar-refractivity contribution is 0.215. The van der Waals surface area contributed by atoms with Crippen molar-refractivity contribution in [2.24, 2.45) is 0 Å². The van der Waals surface area contributed by atoms with Gasteiger partial charge in [0, 0.05) is 5.56 Å². The van der Waals surface area contributed by atoms with E-state index < -0.39 is 15.1 Å². The number of oxazole rings is 1. The van der Waals surface area contributed by atoms with Gasteiger partial charge in [-0.1, -0.05) is 109 Å². The van der Waals surface area contributed by atoms with Gasteiger partial charge in [-0.3, -0.25) is 0 Å². The molecule has 0 amide bonds. The second kappa shape index (κ2) is 10.2. The number of hydrogen-bond acceptors (Lipinski definition) is 5. The summed E-state index contributed by atoms with van der Waals surface area (Å²) in [4.78, 5) is 4.82. The minimum Gasteiger partial charge on any atom is -0.445 e. The highest BCUT2D eigenvalue weighted by atomic mass is 32.2. The summed E-state index contributed by atoms with van der Waals surface area (Å²) in [5.74, 6) is 0.219. The monoisotopic (exact) mass is 495 g/mol. The van der Waals surface area contributed by atoms with Crippen molar-refractivity contribution in [3.05, 3.63) is 138 Å². The summed E-state index contributed by atoms with van der Waals surface area (Å²) in [6.07, 6.45) is 0.0211. The van der Waals surface area contributed by atoms with Crippen LogP contribution >= 0.6 is 0 Å². The number of hydrogen-bond donors (Lipinski definition) is 0. The molecule has 0 N–H and O–H groups in total. The minimum absolute atomic E-state index is 0.0211. The van der Waals surface area contributed by atoms with Crippen LogP contribution in [0.15, 0.2) is 125 Å². The fourth-order valence-electron chi connectivity index (χ4n) is 4.04. The molecule has 5 rings (SSSR count). The van der Waals surface area contributed by atoms with Crippen LogP contribution in [0.2, 0.25) is 0 Å². The summed E-state index contributed by atoms with van der Waals surface area (Å²) in [5, 5.41) is -1.11. The quantitative estimate of drug-likeness (QED) is 0.237. The SMILES string of the molecule is Cc1ccc(S(=O)(=O)C(c2ccccc2)c2oc(OCc3ccccc3)nc2-c2ccccc2)cc1. The summed E-state index contributed by atoms with van der Waals surface area (Å²) in [7, 11) is -3.90. The van der Waals surface area contributed by atoms with Crippen LogP contribution in [-0.2, 0) is 16.4 Å². The van der Waals surface area contributed by atoms with Crippen LogP contribution in [0.5, 0.6) is 6.08 Å². The number of rotatable bonds is 8. The van der Waals surface area contributed by atoms with Crippen LogP contribution in [0, 0.1) is 6.92 Å². The Hall–Kier alpha value is -4.16. The summed E-state index contributed by atoms with van der Waals surface area (Å²) in [6, 6.07) is 35.0. The fourth-order valence-corrected chi connectivity index (χ4v) is 5.78. The molecule has 4 aromatic carbocycles. The second-order valence-corrected chi connectivity index (χ2v) is 10.5. The van der Waals surface area contributed by atoms with Gasteiger partial charge in [-0.05, 0) is 30.2 Å². The van der Waals surface area contributed by atoms with Crippen molar-refractivity contribution < 1.29 is 17.6 Å². The number of aryl methyl sites for hydroxylation is 1. The van der Waals surface area contributed by atoms with Gasteiger partial charge in [0.2, 0.25) is 0 Å². The molecule has 5 aromatic rings. The highest BCUT2D eigenvalue weighted by molar-refractivity contribution is 7.91. The van der Waals surface area contributed by atoms with E-state index in [-0.39, 0.29) is 23.3 Å². The number of ether oxygens (including phenoxy) is 1. The van der Waals surface area contributed by atoms with Gasteiger partial charge in [-0.15, -0.1) is 0 Å². The maximum absolute atomic E-state index is 14.1. The molecule has 36 heavy (non-hydrogen) atoms. The highest BCUT2D eigenvalue weighted by Gasteiger charge is 2.37. The van der Waals surface area contributed by atoms with Crippen LogP contribution in [-0.4, -0.2) is 13.4 Å². The topological polar surface area (TPSA) is 69.4 Å². The fraction of sp³-hybridized carbons (Fsp3) is 0.100. The number of nitrogens with zero attached hydrogens (tertiary/aromatic N) is 1. The van der Waals surface area contributed by atoms with E-state index in [1.54, 1.807) is 36.4 Å². The summed E-state index contributed by atoms with van der Waals surface area (Å²) < 4.78 is 40.2. The van der Waals surface area contributed by atoms with E-state index in [1.807, 2.05) is 85.8 Å². The Morgan fingerprint density at radius 1 is 0.778 bits per heavy atom. The Labute approximate surface area is 211 Å². The van der Waals surface area contributed by atoms with Crippen LogP contribution in [0.3, 0.4) is 0 Å². The molecular formula is C30H25NO4S. The Bertz CT molecular complexity index is 1530. The molecule has 0 aliphatic rings. The van der Waals surface area contributed by atoms with Crippen molar-refractivity contribution in [2.45, 2.75) is 23.7 Å². The highest BCUT2D eigenvalue weighted by Crippen LogP contribution is 2.41. The smallest absolute Gasteiger partial charge is 0.394 e. The first kappa shape index (κ1) is 23.6. The molecule has 1 aromatic heterocycles. The summed E-state index contributed by atoms with van der Waals surface area (Å²) >= 11 is 0. The van der Waals surface area contributed by atoms with Gasteiger partial charge in [0.1, 0.15) is 12.3 Å². The molecule has 0 bridgehead atoms. The van der Waals surface area contributed by atoms with Gasteiger partial charge in [0.15, 0.2) is 20.8 Å². The van der Waals surface area contributed by atoms with Crippen molar-refractivity contribution >= 4 is 9.84 Å². The average Bonchev–Trinajstić information content (AvgIpc) is 3.33. The maximum atomic E-state index is 14.1. The van der Waals surface area contributed by atoms with Crippen LogP contribution in [0.25, 0.3) is 11.3 Å². The van der Waals surface area contributed by atoms with E-state index in [1.165, 1.54) is 0 Å². The van der Waals surface area contributed by atoms with Crippen molar-refractivity contribution in [2.75, 3.05) is 0 Å². The third-order valence-corrected chi connectivity index (χ3v) is 7.92. The second-order valence-electron chi connectivity index (χ2n) is 8.48. The summed E-state index contributed by atoms with van der Waals surface area (Å²) in [5.41, 5.74) is 3.69. The molecule has 0 spiro atoms. The third kappa shape index (κ3) is 4.95. The first-order chi connectivity index (χ1) is 17.5. The Morgan fingerprint density at radius 2 is 1.36 bits per heavy atom. The lowest BCUT2D eigenvalue weighted by Crippen LogP contribution is -2.15. The Morgan fingerprint density at radius 3 is 2.00 bits per heavy atom. The predicted octanol–water partition coefficient (Wildman–Crippen LogP) is 6.79. The van der Waals surface area contributed by atoms with E-state index in [2.05, 4.69) is 4.98 Å². The zero-order valence-electron chi connectivity index (χ0n) is 19.7. The van der Waals surface area contributed by atoms with Gasteiger partial charge in [-0.25, -0.2) is 8.42 Å². The van der Waals surface area contributed by atoms with Crippen LogP contribution in [0.1, 0.15) is 27.7 Å². The Balaban J connectivity index is 1.65. The lowest BCUT2D eigenvalue weighted by Gasteiger charge is -2.17. The first-order valence-corrected chi connectivity index (χ1v) is 13.2. The van der Waals surface area contributed by atoms with E-state index >= 15 is 0 Å². The van der Waals surface area contributed by atoms with E-state index in [0.29, 0.717) is 11.3 Å². The molecule has 0 saturated heterocycles. The molecule has 1 unspecified atom stereocenters. The van der Waals surface area contributed by atoms with Crippen LogP contribution < -0.4 is 4.74 Å². The van der Waals surface area contributed by atoms with E-state index in [0.717, 1.165) is 16.7 Å². The largest absolute Gasteiger partial charge is 0.445 e. The van der Waals surface area contributed by atoms with E-state index in [9.17, 15) is 8.42 Å². The standard InChI is InChI=1S/C30H25NO4S/c1-22-17-19-26(20-18-22)36(32,33)29(25-15-9-4-10-16-25)28-27(24-13-7-3-8-14-24)31-30(35-28)34-21-23-11-5-2-6-12-23/h2-20,29H,21H2,1H3. The lowest BCUT2D eigenvalue weighted by atomic mass is 10.0. The first-order valence-electron chi connectivity index (χ1n) is 11.6. The van der Waals surface area contributed by atoms with E-state index in [4.69, 9.17) is 9.15 Å². The zero-order valence-corrected chi connectivity index (χ0v) is 20.6. The molecule has 1 heterocycles. The van der Waals surface area contributed by atoms with Gasteiger partial charge < -0.3 is 9.15 Å².